The van der Waals surface area contributed by atoms with E-state index < -0.39 is 11.6 Å². The van der Waals surface area contributed by atoms with Gasteiger partial charge in [0.15, 0.2) is 0 Å². The number of aryl methyl sites for hydroxylation is 1. The Hall–Kier alpha value is -2.45. The quantitative estimate of drug-likeness (QED) is 0.463. The molecule has 0 N–H and O–H groups in total. The molecule has 3 heteroatoms. The highest BCUT2D eigenvalue weighted by atomic mass is 35.5. The first-order chi connectivity index (χ1) is 11.9. The normalized spacial score (nSPS) is 10.8. The van der Waals surface area contributed by atoms with Crippen molar-refractivity contribution >= 4 is 17.2 Å². The van der Waals surface area contributed by atoms with Gasteiger partial charge >= 0.3 is 0 Å². The number of hydrogen-bond acceptors (Lipinski definition) is 0. The standard InChI is InChI=1S/C22H17ClF2/c1-13(2)19-10-17(12-21(25)22(19)23)18-9-8-16(11-20(18)24)15-6-4-14(3)5-7-15/h4-12H,1H2,2-3H3. The summed E-state index contributed by atoms with van der Waals surface area (Å²) in [5.74, 6) is -0.994. The van der Waals surface area contributed by atoms with E-state index in [0.717, 1.165) is 16.7 Å². The maximum atomic E-state index is 14.7. The molecule has 0 heterocycles. The van der Waals surface area contributed by atoms with Crippen LogP contribution in [0.2, 0.25) is 5.02 Å². The van der Waals surface area contributed by atoms with Gasteiger partial charge in [0.1, 0.15) is 11.6 Å². The van der Waals surface area contributed by atoms with Crippen LogP contribution in [-0.2, 0) is 0 Å². The molecule has 0 radical (unpaired) electrons. The zero-order chi connectivity index (χ0) is 18.1. The van der Waals surface area contributed by atoms with Crippen LogP contribution in [0.5, 0.6) is 0 Å². The number of halogens is 3. The lowest BCUT2D eigenvalue weighted by atomic mass is 9.96. The maximum Gasteiger partial charge on any atom is 0.143 e. The zero-order valence-corrected chi connectivity index (χ0v) is 14.8. The average molecular weight is 355 g/mol. The number of hydrogen-bond donors (Lipinski definition) is 0. The second-order valence-corrected chi connectivity index (χ2v) is 6.54. The Labute approximate surface area is 151 Å². The van der Waals surface area contributed by atoms with E-state index in [1.807, 2.05) is 37.3 Å². The fourth-order valence-electron chi connectivity index (χ4n) is 2.73. The number of rotatable bonds is 3. The Kier molecular flexibility index (Phi) is 4.73. The molecule has 0 nitrogen and oxygen atoms in total. The SMILES string of the molecule is C=C(C)c1cc(-c2ccc(-c3ccc(C)cc3)cc2F)cc(F)c1Cl. The molecule has 25 heavy (non-hydrogen) atoms. The molecule has 0 saturated heterocycles. The van der Waals surface area contributed by atoms with Crippen LogP contribution in [-0.4, -0.2) is 0 Å². The summed E-state index contributed by atoms with van der Waals surface area (Å²) in [7, 11) is 0. The molecule has 0 bridgehead atoms. The molecule has 0 aliphatic rings. The average Bonchev–Trinajstić information content (AvgIpc) is 2.57. The van der Waals surface area contributed by atoms with Crippen molar-refractivity contribution in [2.75, 3.05) is 0 Å². The summed E-state index contributed by atoms with van der Waals surface area (Å²) in [5.41, 5.74) is 4.73. The van der Waals surface area contributed by atoms with Crippen LogP contribution in [0, 0.1) is 18.6 Å². The largest absolute Gasteiger partial charge is 0.206 e. The third kappa shape index (κ3) is 3.49. The second kappa shape index (κ2) is 6.81. The lowest BCUT2D eigenvalue weighted by molar-refractivity contribution is 0.625. The molecule has 0 saturated carbocycles. The highest BCUT2D eigenvalue weighted by Gasteiger charge is 2.14. The van der Waals surface area contributed by atoms with Crippen molar-refractivity contribution in [1.29, 1.82) is 0 Å². The molecule has 0 unspecified atom stereocenters. The fourth-order valence-corrected chi connectivity index (χ4v) is 3.00. The van der Waals surface area contributed by atoms with Crippen molar-refractivity contribution < 1.29 is 8.78 Å². The van der Waals surface area contributed by atoms with Crippen molar-refractivity contribution in [3.63, 3.8) is 0 Å². The number of allylic oxidation sites excluding steroid dienone is 1. The third-order valence-electron chi connectivity index (χ3n) is 4.15. The molecule has 0 aliphatic heterocycles. The van der Waals surface area contributed by atoms with Gasteiger partial charge in [-0.25, -0.2) is 8.78 Å². The van der Waals surface area contributed by atoms with E-state index in [1.165, 1.54) is 12.1 Å². The Balaban J connectivity index is 2.07. The highest BCUT2D eigenvalue weighted by molar-refractivity contribution is 6.32. The van der Waals surface area contributed by atoms with E-state index in [9.17, 15) is 8.78 Å². The van der Waals surface area contributed by atoms with Crippen LogP contribution in [0.4, 0.5) is 8.78 Å². The zero-order valence-electron chi connectivity index (χ0n) is 14.0. The van der Waals surface area contributed by atoms with Crippen LogP contribution in [0.25, 0.3) is 27.8 Å². The molecule has 0 aliphatic carbocycles. The maximum absolute atomic E-state index is 14.7. The van der Waals surface area contributed by atoms with Gasteiger partial charge in [-0.15, -0.1) is 0 Å². The second-order valence-electron chi connectivity index (χ2n) is 6.16. The van der Waals surface area contributed by atoms with Crippen molar-refractivity contribution in [2.24, 2.45) is 0 Å². The lowest BCUT2D eigenvalue weighted by Gasteiger charge is -2.11. The van der Waals surface area contributed by atoms with Gasteiger partial charge in [-0.1, -0.05) is 60.1 Å². The predicted molar refractivity (Wildman–Crippen MR) is 102 cm³/mol. The monoisotopic (exact) mass is 354 g/mol. The van der Waals surface area contributed by atoms with E-state index in [-0.39, 0.29) is 5.02 Å². The molecule has 0 fully saturated rings. The smallest absolute Gasteiger partial charge is 0.143 e. The molecular formula is C22H17ClF2. The summed E-state index contributed by atoms with van der Waals surface area (Å²) >= 11 is 5.98. The molecule has 3 aromatic carbocycles. The summed E-state index contributed by atoms with van der Waals surface area (Å²) in [6.07, 6.45) is 0. The van der Waals surface area contributed by atoms with Gasteiger partial charge in [0, 0.05) is 5.56 Å². The Morgan fingerprint density at radius 3 is 2.04 bits per heavy atom. The van der Waals surface area contributed by atoms with Crippen LogP contribution < -0.4 is 0 Å². The van der Waals surface area contributed by atoms with E-state index >= 15 is 0 Å². The highest BCUT2D eigenvalue weighted by Crippen LogP contribution is 2.34. The molecule has 0 amide bonds. The molecule has 0 aromatic heterocycles. The van der Waals surface area contributed by atoms with Crippen molar-refractivity contribution in [1.82, 2.24) is 0 Å². The first-order valence-electron chi connectivity index (χ1n) is 7.88. The van der Waals surface area contributed by atoms with Crippen molar-refractivity contribution in [2.45, 2.75) is 13.8 Å². The molecular weight excluding hydrogens is 338 g/mol. The van der Waals surface area contributed by atoms with E-state index in [4.69, 9.17) is 11.6 Å². The first-order valence-corrected chi connectivity index (χ1v) is 8.26. The van der Waals surface area contributed by atoms with Crippen LogP contribution in [0.3, 0.4) is 0 Å². The van der Waals surface area contributed by atoms with Crippen molar-refractivity contribution in [3.8, 4) is 22.3 Å². The van der Waals surface area contributed by atoms with Crippen molar-refractivity contribution in [3.05, 3.63) is 89.0 Å². The molecule has 0 atom stereocenters. The van der Waals surface area contributed by atoms with Crippen LogP contribution in [0.15, 0.2) is 61.2 Å². The van der Waals surface area contributed by atoms with Crippen LogP contribution in [0.1, 0.15) is 18.1 Å². The van der Waals surface area contributed by atoms with E-state index in [1.54, 1.807) is 19.1 Å². The van der Waals surface area contributed by atoms with Gasteiger partial charge in [0.2, 0.25) is 0 Å². The topological polar surface area (TPSA) is 0 Å². The van der Waals surface area contributed by atoms with E-state index in [2.05, 4.69) is 6.58 Å². The Morgan fingerprint density at radius 1 is 0.840 bits per heavy atom. The molecule has 3 aromatic rings. The fraction of sp³-hybridized carbons (Fsp3) is 0.0909. The summed E-state index contributed by atoms with van der Waals surface area (Å²) in [6.45, 7) is 7.54. The number of benzene rings is 3. The molecule has 126 valence electrons. The minimum atomic E-state index is -0.584. The van der Waals surface area contributed by atoms with Gasteiger partial charge in [-0.05, 0) is 59.9 Å². The minimum absolute atomic E-state index is 0.00735. The van der Waals surface area contributed by atoms with Gasteiger partial charge in [-0.2, -0.15) is 0 Å². The summed E-state index contributed by atoms with van der Waals surface area (Å²) in [5, 5.41) is 0.00735. The van der Waals surface area contributed by atoms with Crippen LogP contribution >= 0.6 is 11.6 Å². The van der Waals surface area contributed by atoms with Gasteiger partial charge in [-0.3, -0.25) is 0 Å². The molecule has 0 spiro atoms. The summed E-state index contributed by atoms with van der Waals surface area (Å²) < 4.78 is 28.8. The first kappa shape index (κ1) is 17.4. The lowest BCUT2D eigenvalue weighted by Crippen LogP contribution is -1.92. The van der Waals surface area contributed by atoms with Gasteiger partial charge < -0.3 is 0 Å². The van der Waals surface area contributed by atoms with Gasteiger partial charge in [0.05, 0.1) is 5.02 Å². The Bertz CT molecular complexity index is 957. The van der Waals surface area contributed by atoms with Gasteiger partial charge in [0.25, 0.3) is 0 Å². The Morgan fingerprint density at radius 2 is 1.44 bits per heavy atom. The summed E-state index contributed by atoms with van der Waals surface area (Å²) in [6, 6.07) is 15.7. The predicted octanol–water partition coefficient (Wildman–Crippen LogP) is 7.29. The molecule has 3 rings (SSSR count). The van der Waals surface area contributed by atoms with E-state index in [0.29, 0.717) is 22.3 Å². The third-order valence-corrected chi connectivity index (χ3v) is 4.54. The summed E-state index contributed by atoms with van der Waals surface area (Å²) in [4.78, 5) is 0. The minimum Gasteiger partial charge on any atom is -0.206 e.